The molecule has 1 amide bonds. The maximum atomic E-state index is 12.3. The van der Waals surface area contributed by atoms with Gasteiger partial charge in [0.05, 0.1) is 17.4 Å². The highest BCUT2D eigenvalue weighted by Crippen LogP contribution is 2.40. The molecule has 0 aliphatic carbocycles. The van der Waals surface area contributed by atoms with E-state index in [-0.39, 0.29) is 41.5 Å². The Labute approximate surface area is 145 Å². The number of rotatable bonds is 7. The molecule has 7 heteroatoms. The van der Waals surface area contributed by atoms with Crippen LogP contribution in [0.1, 0.15) is 27.7 Å². The first-order valence-electron chi connectivity index (χ1n) is 7.85. The second-order valence-electron chi connectivity index (χ2n) is 7.46. The maximum Gasteiger partial charge on any atom is 0.325 e. The monoisotopic (exact) mass is 359 g/mol. The zero-order chi connectivity index (χ0) is 18.0. The molecule has 1 rings (SSSR count). The van der Waals surface area contributed by atoms with Gasteiger partial charge in [-0.1, -0.05) is 33.4 Å². The second-order valence-corrected chi connectivity index (χ2v) is 12.7. The Morgan fingerprint density at radius 1 is 1.48 bits per heavy atom. The molecule has 0 spiro atoms. The Hall–Kier alpha value is -0.793. The number of carbonyl (C=O) groups excluding carboxylic acids is 2. The third-order valence-electron chi connectivity index (χ3n) is 4.66. The van der Waals surface area contributed by atoms with E-state index < -0.39 is 14.3 Å². The van der Waals surface area contributed by atoms with Gasteiger partial charge in [0.2, 0.25) is 5.91 Å². The number of hydrogen-bond acceptors (Lipinski definition) is 5. The molecule has 0 aromatic carbocycles. The number of esters is 1. The van der Waals surface area contributed by atoms with Crippen molar-refractivity contribution in [1.29, 1.82) is 0 Å². The summed E-state index contributed by atoms with van der Waals surface area (Å²) in [5.74, 6) is -0.875. The first-order valence-corrected chi connectivity index (χ1v) is 11.3. The molecule has 0 aromatic heterocycles. The number of nitrogens with zero attached hydrogens (tertiary/aromatic N) is 1. The Bertz CT molecular complexity index is 475. The van der Waals surface area contributed by atoms with Gasteiger partial charge in [0.25, 0.3) is 0 Å². The Kier molecular flexibility index (Phi) is 6.52. The van der Waals surface area contributed by atoms with Crippen LogP contribution in [-0.2, 0) is 18.8 Å². The quantitative estimate of drug-likeness (QED) is 0.250. The summed E-state index contributed by atoms with van der Waals surface area (Å²) in [7, 11) is -1.95. The molecule has 0 aromatic rings. The maximum absolute atomic E-state index is 12.3. The molecule has 0 saturated carbocycles. The molecule has 23 heavy (non-hydrogen) atoms. The zero-order valence-corrected chi connectivity index (χ0v) is 16.9. The number of β-lactam (4-membered cyclic amide) rings is 1. The fourth-order valence-corrected chi connectivity index (χ4v) is 4.22. The molecule has 132 valence electrons. The van der Waals surface area contributed by atoms with Crippen molar-refractivity contribution in [2.24, 2.45) is 5.92 Å². The summed E-state index contributed by atoms with van der Waals surface area (Å²) < 4.78 is 11.2. The lowest BCUT2D eigenvalue weighted by Crippen LogP contribution is -2.64. The van der Waals surface area contributed by atoms with Crippen LogP contribution in [0.2, 0.25) is 18.1 Å². The number of hydrogen-bond donors (Lipinski definition) is 1. The first-order chi connectivity index (χ1) is 10.4. The number of amides is 1. The van der Waals surface area contributed by atoms with Gasteiger partial charge >= 0.3 is 5.97 Å². The summed E-state index contributed by atoms with van der Waals surface area (Å²) >= 11 is 4.47. The van der Waals surface area contributed by atoms with E-state index in [1.54, 1.807) is 0 Å². The minimum atomic E-state index is -1.95. The number of carbonyl (C=O) groups is 2. The normalized spacial score (nSPS) is 23.3. The summed E-state index contributed by atoms with van der Waals surface area (Å²) in [6.07, 6.45) is 1.28. The highest BCUT2D eigenvalue weighted by molar-refractivity contribution is 7.81. The lowest BCUT2D eigenvalue weighted by atomic mass is 9.93. The minimum absolute atomic E-state index is 0.0777. The summed E-state index contributed by atoms with van der Waals surface area (Å²) in [5.41, 5.74) is 0. The van der Waals surface area contributed by atoms with Crippen molar-refractivity contribution in [3.8, 4) is 0 Å². The van der Waals surface area contributed by atoms with Crippen molar-refractivity contribution >= 4 is 32.8 Å². The van der Waals surface area contributed by atoms with E-state index in [0.717, 1.165) is 0 Å². The van der Waals surface area contributed by atoms with Gasteiger partial charge in [-0.2, -0.15) is 12.6 Å². The van der Waals surface area contributed by atoms with Crippen LogP contribution < -0.4 is 0 Å². The molecular formula is C16H29NO4SSi. The van der Waals surface area contributed by atoms with Crippen LogP contribution in [0, 0.1) is 5.92 Å². The van der Waals surface area contributed by atoms with Crippen LogP contribution in [0.4, 0.5) is 0 Å². The van der Waals surface area contributed by atoms with Gasteiger partial charge in [-0.05, 0) is 25.1 Å². The van der Waals surface area contributed by atoms with Gasteiger partial charge in [0.1, 0.15) is 13.2 Å². The third-order valence-corrected chi connectivity index (χ3v) is 9.84. The van der Waals surface area contributed by atoms with Crippen LogP contribution in [0.15, 0.2) is 12.7 Å². The smallest absolute Gasteiger partial charge is 0.325 e. The van der Waals surface area contributed by atoms with E-state index in [0.29, 0.717) is 0 Å². The van der Waals surface area contributed by atoms with E-state index in [2.05, 4.69) is 53.1 Å². The van der Waals surface area contributed by atoms with Crippen LogP contribution in [0.3, 0.4) is 0 Å². The van der Waals surface area contributed by atoms with Crippen LogP contribution in [-0.4, -0.2) is 49.7 Å². The lowest BCUT2D eigenvalue weighted by Gasteiger charge is -2.49. The highest BCUT2D eigenvalue weighted by Gasteiger charge is 2.51. The van der Waals surface area contributed by atoms with Crippen molar-refractivity contribution in [3.63, 3.8) is 0 Å². The number of ether oxygens (including phenoxy) is 1. The van der Waals surface area contributed by atoms with Gasteiger partial charge in [-0.25, -0.2) is 0 Å². The Balaban J connectivity index is 2.62. The van der Waals surface area contributed by atoms with Crippen molar-refractivity contribution < 1.29 is 18.8 Å². The summed E-state index contributed by atoms with van der Waals surface area (Å²) in [6.45, 7) is 16.3. The standard InChI is InChI=1S/C16H29NO4SSi/c1-8-9-20-12(18)10-17-14(19)13(15(17)22)11(2)21-23(6,7)16(3,4)5/h8,11,13,15,22H,1,9-10H2,2-7H3/t11-,13+,15-/m1/s1. The molecule has 1 aliphatic heterocycles. The van der Waals surface area contributed by atoms with E-state index in [9.17, 15) is 9.59 Å². The van der Waals surface area contributed by atoms with E-state index >= 15 is 0 Å². The van der Waals surface area contributed by atoms with E-state index in [1.165, 1.54) is 11.0 Å². The molecule has 1 fully saturated rings. The average Bonchev–Trinajstić information content (AvgIpc) is 2.40. The fraction of sp³-hybridized carbons (Fsp3) is 0.750. The predicted octanol–water partition coefficient (Wildman–Crippen LogP) is 2.84. The van der Waals surface area contributed by atoms with Crippen LogP contribution >= 0.6 is 12.6 Å². The predicted molar refractivity (Wildman–Crippen MR) is 96.9 cm³/mol. The van der Waals surface area contributed by atoms with Crippen molar-refractivity contribution in [3.05, 3.63) is 12.7 Å². The van der Waals surface area contributed by atoms with Gasteiger partial charge in [-0.15, -0.1) is 0 Å². The molecule has 1 heterocycles. The summed E-state index contributed by atoms with van der Waals surface area (Å²) in [4.78, 5) is 25.4. The minimum Gasteiger partial charge on any atom is -0.460 e. The van der Waals surface area contributed by atoms with Gasteiger partial charge in [-0.3, -0.25) is 9.59 Å². The largest absolute Gasteiger partial charge is 0.460 e. The van der Waals surface area contributed by atoms with E-state index in [1.807, 2.05) is 6.92 Å². The lowest BCUT2D eigenvalue weighted by molar-refractivity contribution is -0.163. The average molecular weight is 360 g/mol. The summed E-state index contributed by atoms with van der Waals surface area (Å²) in [5, 5.41) is -0.243. The topological polar surface area (TPSA) is 55.8 Å². The molecular weight excluding hydrogens is 330 g/mol. The molecule has 1 saturated heterocycles. The third kappa shape index (κ3) is 4.61. The molecule has 0 bridgehead atoms. The molecule has 0 unspecified atom stereocenters. The number of thiol groups is 1. The molecule has 1 aliphatic rings. The zero-order valence-electron chi connectivity index (χ0n) is 15.0. The van der Waals surface area contributed by atoms with Gasteiger partial charge in [0.15, 0.2) is 8.32 Å². The van der Waals surface area contributed by atoms with Crippen molar-refractivity contribution in [2.45, 2.75) is 57.3 Å². The van der Waals surface area contributed by atoms with Crippen LogP contribution in [0.25, 0.3) is 0 Å². The first kappa shape index (κ1) is 20.3. The molecule has 5 nitrogen and oxygen atoms in total. The molecule has 3 atom stereocenters. The van der Waals surface area contributed by atoms with Crippen molar-refractivity contribution in [1.82, 2.24) is 4.90 Å². The van der Waals surface area contributed by atoms with Crippen molar-refractivity contribution in [2.75, 3.05) is 13.2 Å². The Morgan fingerprint density at radius 3 is 2.48 bits per heavy atom. The summed E-state index contributed by atoms with van der Waals surface area (Å²) in [6, 6.07) is 0. The van der Waals surface area contributed by atoms with Gasteiger partial charge in [0, 0.05) is 0 Å². The second kappa shape index (κ2) is 7.40. The van der Waals surface area contributed by atoms with Crippen LogP contribution in [0.5, 0.6) is 0 Å². The SMILES string of the molecule is C=CCOC(=O)CN1C(=O)[C@H]([C@@H](C)O[Si](C)(C)C(C)(C)C)[C@H]1S. The molecule has 0 radical (unpaired) electrons. The molecule has 0 N–H and O–H groups in total. The highest BCUT2D eigenvalue weighted by atomic mass is 32.1. The number of likely N-dealkylation sites (tertiary alicyclic amines) is 1. The fourth-order valence-electron chi connectivity index (χ4n) is 2.23. The van der Waals surface area contributed by atoms with Gasteiger partial charge < -0.3 is 14.1 Å². The Morgan fingerprint density at radius 2 is 2.04 bits per heavy atom. The van der Waals surface area contributed by atoms with E-state index in [4.69, 9.17) is 9.16 Å².